The first kappa shape index (κ1) is 18.1. The van der Waals surface area contributed by atoms with Crippen LogP contribution in [0.1, 0.15) is 16.7 Å². The van der Waals surface area contributed by atoms with Gasteiger partial charge in [-0.25, -0.2) is 0 Å². The van der Waals surface area contributed by atoms with Gasteiger partial charge in [0, 0.05) is 17.1 Å². The third-order valence-corrected chi connectivity index (χ3v) is 5.22. The monoisotopic (exact) mass is 363 g/mol. The number of hydrogen-bond donors (Lipinski definition) is 0. The summed E-state index contributed by atoms with van der Waals surface area (Å²) < 4.78 is 0. The van der Waals surface area contributed by atoms with E-state index in [0.717, 1.165) is 0 Å². The Kier molecular flexibility index (Phi) is 4.99. The zero-order valence-electron chi connectivity index (χ0n) is 16.7. The summed E-state index contributed by atoms with van der Waals surface area (Å²) in [6.45, 7) is 6.46. The molecule has 0 amide bonds. The van der Waals surface area contributed by atoms with Gasteiger partial charge >= 0.3 is 0 Å². The van der Waals surface area contributed by atoms with Crippen molar-refractivity contribution in [3.63, 3.8) is 0 Å². The van der Waals surface area contributed by atoms with Crippen LogP contribution in [0.5, 0.6) is 0 Å². The van der Waals surface area contributed by atoms with Gasteiger partial charge in [0.2, 0.25) is 0 Å². The lowest BCUT2D eigenvalue weighted by Crippen LogP contribution is -2.12. The Morgan fingerprint density at radius 3 is 1.36 bits per heavy atom. The van der Waals surface area contributed by atoms with Crippen molar-refractivity contribution in [2.45, 2.75) is 20.8 Å². The van der Waals surface area contributed by atoms with E-state index in [1.54, 1.807) is 0 Å². The summed E-state index contributed by atoms with van der Waals surface area (Å²) in [4.78, 5) is 2.35. The van der Waals surface area contributed by atoms with E-state index in [-0.39, 0.29) is 0 Å². The highest BCUT2D eigenvalue weighted by Crippen LogP contribution is 2.38. The molecule has 0 fully saturated rings. The average molecular weight is 364 g/mol. The van der Waals surface area contributed by atoms with Crippen molar-refractivity contribution in [2.75, 3.05) is 4.90 Å². The molecule has 0 atom stereocenters. The van der Waals surface area contributed by atoms with Crippen LogP contribution in [0.3, 0.4) is 0 Å². The smallest absolute Gasteiger partial charge is 0.0490 e. The Balaban J connectivity index is 1.80. The molecule has 0 spiro atoms. The summed E-state index contributed by atoms with van der Waals surface area (Å²) in [5.74, 6) is 0. The standard InChI is InChI=1S/C27H25N/c1-20-12-14-23(15-13-20)24-16-18-25(19-17-24)28(26-10-6-4-8-21(26)2)27-11-7-5-9-22(27)3/h4-19H,1-3H3. The first-order chi connectivity index (χ1) is 13.6. The second-order valence-electron chi connectivity index (χ2n) is 7.32. The van der Waals surface area contributed by atoms with Gasteiger partial charge in [0.25, 0.3) is 0 Å². The molecule has 138 valence electrons. The molecule has 0 saturated heterocycles. The van der Waals surface area contributed by atoms with E-state index >= 15 is 0 Å². The molecule has 4 aromatic rings. The Bertz CT molecular complexity index is 1030. The molecule has 28 heavy (non-hydrogen) atoms. The van der Waals surface area contributed by atoms with Gasteiger partial charge < -0.3 is 4.90 Å². The molecule has 1 nitrogen and oxygen atoms in total. The van der Waals surface area contributed by atoms with Crippen LogP contribution >= 0.6 is 0 Å². The largest absolute Gasteiger partial charge is 0.310 e. The molecule has 0 saturated carbocycles. The Labute approximate surface area is 167 Å². The van der Waals surface area contributed by atoms with Crippen LogP contribution in [-0.4, -0.2) is 0 Å². The molecule has 0 bridgehead atoms. The van der Waals surface area contributed by atoms with Gasteiger partial charge in [-0.1, -0.05) is 78.4 Å². The SMILES string of the molecule is Cc1ccc(-c2ccc(N(c3ccccc3C)c3ccccc3C)cc2)cc1. The van der Waals surface area contributed by atoms with Crippen LogP contribution in [0, 0.1) is 20.8 Å². The van der Waals surface area contributed by atoms with Crippen LogP contribution in [0.4, 0.5) is 17.1 Å². The first-order valence-corrected chi connectivity index (χ1v) is 9.72. The maximum atomic E-state index is 2.35. The maximum Gasteiger partial charge on any atom is 0.0490 e. The molecule has 0 N–H and O–H groups in total. The molecule has 4 rings (SSSR count). The second-order valence-corrected chi connectivity index (χ2v) is 7.32. The normalized spacial score (nSPS) is 10.7. The van der Waals surface area contributed by atoms with E-state index in [1.165, 1.54) is 44.9 Å². The zero-order chi connectivity index (χ0) is 19.5. The number of nitrogens with zero attached hydrogens (tertiary/aromatic N) is 1. The minimum atomic E-state index is 1.17. The van der Waals surface area contributed by atoms with E-state index in [0.29, 0.717) is 0 Å². The van der Waals surface area contributed by atoms with Gasteiger partial charge in [0.05, 0.1) is 0 Å². The van der Waals surface area contributed by atoms with Gasteiger partial charge in [-0.15, -0.1) is 0 Å². The van der Waals surface area contributed by atoms with Gasteiger partial charge in [0.1, 0.15) is 0 Å². The third kappa shape index (κ3) is 3.57. The summed E-state index contributed by atoms with van der Waals surface area (Å²) in [6, 6.07) is 34.7. The van der Waals surface area contributed by atoms with Crippen LogP contribution in [0.15, 0.2) is 97.1 Å². The number of hydrogen-bond acceptors (Lipinski definition) is 1. The minimum Gasteiger partial charge on any atom is -0.310 e. The number of anilines is 3. The van der Waals surface area contributed by atoms with Crippen molar-refractivity contribution in [2.24, 2.45) is 0 Å². The number of aryl methyl sites for hydroxylation is 3. The van der Waals surface area contributed by atoms with Crippen molar-refractivity contribution in [3.05, 3.63) is 114 Å². The minimum absolute atomic E-state index is 1.17. The lowest BCUT2D eigenvalue weighted by molar-refractivity contribution is 1.23. The average Bonchev–Trinajstić information content (AvgIpc) is 2.72. The Morgan fingerprint density at radius 2 is 0.893 bits per heavy atom. The van der Waals surface area contributed by atoms with Crippen LogP contribution < -0.4 is 4.90 Å². The first-order valence-electron chi connectivity index (χ1n) is 9.72. The highest BCUT2D eigenvalue weighted by atomic mass is 15.1. The zero-order valence-corrected chi connectivity index (χ0v) is 16.7. The van der Waals surface area contributed by atoms with Gasteiger partial charge in [-0.2, -0.15) is 0 Å². The summed E-state index contributed by atoms with van der Waals surface area (Å²) in [6.07, 6.45) is 0. The lowest BCUT2D eigenvalue weighted by atomic mass is 10.0. The summed E-state index contributed by atoms with van der Waals surface area (Å²) >= 11 is 0. The number of benzene rings is 4. The topological polar surface area (TPSA) is 3.24 Å². The van der Waals surface area contributed by atoms with E-state index < -0.39 is 0 Å². The highest BCUT2D eigenvalue weighted by molar-refractivity contribution is 5.81. The fourth-order valence-corrected chi connectivity index (χ4v) is 3.59. The highest BCUT2D eigenvalue weighted by Gasteiger charge is 2.15. The van der Waals surface area contributed by atoms with Crippen LogP contribution in [0.25, 0.3) is 11.1 Å². The molecule has 0 aliphatic rings. The molecule has 4 aromatic carbocycles. The summed E-state index contributed by atoms with van der Waals surface area (Å²) in [7, 11) is 0. The predicted molar refractivity (Wildman–Crippen MR) is 121 cm³/mol. The Hall–Kier alpha value is -3.32. The second kappa shape index (κ2) is 7.74. The van der Waals surface area contributed by atoms with Crippen LogP contribution in [-0.2, 0) is 0 Å². The summed E-state index contributed by atoms with van der Waals surface area (Å²) in [5.41, 5.74) is 9.86. The van der Waals surface area contributed by atoms with Gasteiger partial charge in [-0.05, 0) is 67.3 Å². The van der Waals surface area contributed by atoms with Crippen molar-refractivity contribution >= 4 is 17.1 Å². The predicted octanol–water partition coefficient (Wildman–Crippen LogP) is 7.75. The number of rotatable bonds is 4. The summed E-state index contributed by atoms with van der Waals surface area (Å²) in [5, 5.41) is 0. The Morgan fingerprint density at radius 1 is 0.464 bits per heavy atom. The van der Waals surface area contributed by atoms with Crippen LogP contribution in [0.2, 0.25) is 0 Å². The molecule has 0 heterocycles. The van der Waals surface area contributed by atoms with Gasteiger partial charge in [0.15, 0.2) is 0 Å². The molecular formula is C27H25N. The molecule has 0 unspecified atom stereocenters. The van der Waals surface area contributed by atoms with E-state index in [2.05, 4.69) is 123 Å². The fourth-order valence-electron chi connectivity index (χ4n) is 3.59. The quantitative estimate of drug-likeness (QED) is 0.358. The van der Waals surface area contributed by atoms with Crippen molar-refractivity contribution < 1.29 is 0 Å². The molecule has 0 aromatic heterocycles. The fraction of sp³-hybridized carbons (Fsp3) is 0.111. The number of para-hydroxylation sites is 2. The lowest BCUT2D eigenvalue weighted by Gasteiger charge is -2.28. The third-order valence-electron chi connectivity index (χ3n) is 5.22. The van der Waals surface area contributed by atoms with Crippen molar-refractivity contribution in [1.29, 1.82) is 0 Å². The van der Waals surface area contributed by atoms with E-state index in [9.17, 15) is 0 Å². The van der Waals surface area contributed by atoms with Crippen molar-refractivity contribution in [1.82, 2.24) is 0 Å². The maximum absolute atomic E-state index is 2.35. The molecule has 0 radical (unpaired) electrons. The van der Waals surface area contributed by atoms with Crippen molar-refractivity contribution in [3.8, 4) is 11.1 Å². The molecule has 0 aliphatic heterocycles. The van der Waals surface area contributed by atoms with E-state index in [1.807, 2.05) is 0 Å². The molecule has 0 aliphatic carbocycles. The van der Waals surface area contributed by atoms with E-state index in [4.69, 9.17) is 0 Å². The molecular weight excluding hydrogens is 338 g/mol. The van der Waals surface area contributed by atoms with Gasteiger partial charge in [-0.3, -0.25) is 0 Å². The molecule has 1 heteroatoms.